The Morgan fingerprint density at radius 2 is 2.21 bits per heavy atom. The predicted octanol–water partition coefficient (Wildman–Crippen LogP) is 2.17. The van der Waals surface area contributed by atoms with Gasteiger partial charge in [-0.15, -0.1) is 0 Å². The molecular formula is C13H16N2O4. The zero-order chi connectivity index (χ0) is 14.2. The van der Waals surface area contributed by atoms with Gasteiger partial charge in [0.25, 0.3) is 5.69 Å². The summed E-state index contributed by atoms with van der Waals surface area (Å²) in [5, 5.41) is 19.6. The monoisotopic (exact) mass is 264 g/mol. The molecule has 1 aromatic rings. The molecule has 6 nitrogen and oxygen atoms in total. The largest absolute Gasteiger partial charge is 0.481 e. The van der Waals surface area contributed by atoms with Crippen molar-refractivity contribution in [2.24, 2.45) is 0 Å². The topological polar surface area (TPSA) is 83.7 Å². The number of hydrogen-bond acceptors (Lipinski definition) is 4. The Labute approximate surface area is 110 Å². The van der Waals surface area contributed by atoms with Crippen molar-refractivity contribution in [1.82, 2.24) is 0 Å². The number of non-ortho nitro benzene ring substituents is 1. The van der Waals surface area contributed by atoms with Crippen molar-refractivity contribution in [2.45, 2.75) is 25.7 Å². The van der Waals surface area contributed by atoms with E-state index in [2.05, 4.69) is 13.8 Å². The van der Waals surface area contributed by atoms with Crippen LogP contribution in [0.25, 0.3) is 0 Å². The van der Waals surface area contributed by atoms with Crippen LogP contribution in [0.2, 0.25) is 0 Å². The lowest BCUT2D eigenvalue weighted by atomic mass is 9.87. The second-order valence-corrected chi connectivity index (χ2v) is 5.41. The van der Waals surface area contributed by atoms with E-state index >= 15 is 0 Å². The van der Waals surface area contributed by atoms with Crippen molar-refractivity contribution in [2.75, 3.05) is 18.0 Å². The van der Waals surface area contributed by atoms with E-state index in [1.807, 2.05) is 4.90 Å². The van der Waals surface area contributed by atoms with Crippen molar-refractivity contribution in [1.29, 1.82) is 0 Å². The molecule has 0 aliphatic carbocycles. The molecule has 0 fully saturated rings. The molecule has 0 saturated carbocycles. The van der Waals surface area contributed by atoms with Crippen LogP contribution in [0.1, 0.15) is 25.8 Å². The van der Waals surface area contributed by atoms with E-state index in [1.165, 1.54) is 12.1 Å². The summed E-state index contributed by atoms with van der Waals surface area (Å²) in [6.45, 7) is 5.15. The molecule has 2 rings (SSSR count). The smallest absolute Gasteiger partial charge is 0.305 e. The zero-order valence-corrected chi connectivity index (χ0v) is 10.9. The lowest BCUT2D eigenvalue weighted by Gasteiger charge is -2.21. The van der Waals surface area contributed by atoms with Crippen molar-refractivity contribution >= 4 is 17.3 Å². The maximum atomic E-state index is 10.8. The van der Waals surface area contributed by atoms with Gasteiger partial charge in [-0.05, 0) is 11.6 Å². The highest BCUT2D eigenvalue weighted by atomic mass is 16.6. The lowest BCUT2D eigenvalue weighted by Crippen LogP contribution is -2.30. The third kappa shape index (κ3) is 2.52. The summed E-state index contributed by atoms with van der Waals surface area (Å²) in [7, 11) is 0. The highest BCUT2D eigenvalue weighted by Crippen LogP contribution is 2.42. The summed E-state index contributed by atoms with van der Waals surface area (Å²) in [5.41, 5.74) is 1.73. The number of hydrogen-bond donors (Lipinski definition) is 1. The predicted molar refractivity (Wildman–Crippen MR) is 70.6 cm³/mol. The van der Waals surface area contributed by atoms with E-state index in [0.29, 0.717) is 13.1 Å². The minimum atomic E-state index is -0.864. The third-order valence-electron chi connectivity index (χ3n) is 3.44. The summed E-state index contributed by atoms with van der Waals surface area (Å²) < 4.78 is 0. The number of fused-ring (bicyclic) bond motifs is 1. The molecule has 0 amide bonds. The number of rotatable bonds is 4. The van der Waals surface area contributed by atoms with Crippen LogP contribution in [-0.4, -0.2) is 29.1 Å². The van der Waals surface area contributed by atoms with E-state index < -0.39 is 10.9 Å². The van der Waals surface area contributed by atoms with Crippen LogP contribution >= 0.6 is 0 Å². The molecule has 1 N–H and O–H groups in total. The maximum Gasteiger partial charge on any atom is 0.305 e. The Morgan fingerprint density at radius 3 is 2.79 bits per heavy atom. The second kappa shape index (κ2) is 4.53. The first-order valence-electron chi connectivity index (χ1n) is 6.07. The summed E-state index contributed by atoms with van der Waals surface area (Å²) in [4.78, 5) is 23.0. The SMILES string of the molecule is CC1(C)CN(CCC(=O)O)c2cc([N+](=O)[O-])ccc21. The number of carbonyl (C=O) groups is 1. The first kappa shape index (κ1) is 13.3. The molecule has 1 aromatic carbocycles. The van der Waals surface area contributed by atoms with E-state index in [1.54, 1.807) is 6.07 Å². The first-order chi connectivity index (χ1) is 8.81. The molecule has 1 aliphatic rings. The molecule has 0 unspecified atom stereocenters. The molecule has 0 bridgehead atoms. The van der Waals surface area contributed by atoms with Gasteiger partial charge in [0.15, 0.2) is 0 Å². The standard InChI is InChI=1S/C13H16N2O4/c1-13(2)8-14(6-5-12(16)17)11-7-9(15(18)19)3-4-10(11)13/h3-4,7H,5-6,8H2,1-2H3,(H,16,17). The Morgan fingerprint density at radius 1 is 1.53 bits per heavy atom. The van der Waals surface area contributed by atoms with Crippen LogP contribution in [0.5, 0.6) is 0 Å². The van der Waals surface area contributed by atoms with Gasteiger partial charge in [0.05, 0.1) is 11.3 Å². The zero-order valence-electron chi connectivity index (χ0n) is 10.9. The van der Waals surface area contributed by atoms with E-state index in [4.69, 9.17) is 5.11 Å². The average molecular weight is 264 g/mol. The summed E-state index contributed by atoms with van der Waals surface area (Å²) in [6.07, 6.45) is 0.0260. The van der Waals surface area contributed by atoms with Crippen LogP contribution in [-0.2, 0) is 10.2 Å². The summed E-state index contributed by atoms with van der Waals surface area (Å²) in [5.74, 6) is -0.864. The molecule has 0 saturated heterocycles. The lowest BCUT2D eigenvalue weighted by molar-refractivity contribution is -0.384. The molecule has 0 atom stereocenters. The van der Waals surface area contributed by atoms with Gasteiger partial charge in [0, 0.05) is 36.3 Å². The highest BCUT2D eigenvalue weighted by Gasteiger charge is 2.36. The van der Waals surface area contributed by atoms with Gasteiger partial charge in [-0.1, -0.05) is 13.8 Å². The molecule has 0 radical (unpaired) electrons. The number of nitro groups is 1. The number of carboxylic acid groups (broad SMARTS) is 1. The van der Waals surface area contributed by atoms with Gasteiger partial charge in [0.1, 0.15) is 0 Å². The molecule has 6 heteroatoms. The Hall–Kier alpha value is -2.11. The first-order valence-corrected chi connectivity index (χ1v) is 6.07. The summed E-state index contributed by atoms with van der Waals surface area (Å²) >= 11 is 0. The fraction of sp³-hybridized carbons (Fsp3) is 0.462. The van der Waals surface area contributed by atoms with E-state index in [-0.39, 0.29) is 17.5 Å². The van der Waals surface area contributed by atoms with Crippen LogP contribution in [0.3, 0.4) is 0 Å². The minimum absolute atomic E-state index is 0.0260. The van der Waals surface area contributed by atoms with Crippen molar-refractivity contribution < 1.29 is 14.8 Å². The van der Waals surface area contributed by atoms with Crippen LogP contribution < -0.4 is 4.90 Å². The third-order valence-corrected chi connectivity index (χ3v) is 3.44. The molecule has 0 aromatic heterocycles. The molecule has 1 heterocycles. The van der Waals surface area contributed by atoms with E-state index in [9.17, 15) is 14.9 Å². The Balaban J connectivity index is 2.36. The van der Waals surface area contributed by atoms with Crippen molar-refractivity contribution in [3.05, 3.63) is 33.9 Å². The average Bonchev–Trinajstić information content (AvgIpc) is 2.58. The van der Waals surface area contributed by atoms with Gasteiger partial charge in [0.2, 0.25) is 0 Å². The van der Waals surface area contributed by atoms with E-state index in [0.717, 1.165) is 11.3 Å². The van der Waals surface area contributed by atoms with Gasteiger partial charge in [-0.25, -0.2) is 0 Å². The molecule has 0 spiro atoms. The van der Waals surface area contributed by atoms with Gasteiger partial charge < -0.3 is 10.0 Å². The highest BCUT2D eigenvalue weighted by molar-refractivity contribution is 5.70. The van der Waals surface area contributed by atoms with Gasteiger partial charge in [-0.2, -0.15) is 0 Å². The number of anilines is 1. The quantitative estimate of drug-likeness (QED) is 0.665. The minimum Gasteiger partial charge on any atom is -0.481 e. The fourth-order valence-electron chi connectivity index (χ4n) is 2.55. The number of benzene rings is 1. The molecular weight excluding hydrogens is 248 g/mol. The molecule has 102 valence electrons. The van der Waals surface area contributed by atoms with Crippen molar-refractivity contribution in [3.8, 4) is 0 Å². The number of carboxylic acids is 1. The Bertz CT molecular complexity index is 539. The maximum absolute atomic E-state index is 10.8. The summed E-state index contributed by atoms with van der Waals surface area (Å²) in [6, 6.07) is 4.81. The molecule has 19 heavy (non-hydrogen) atoms. The number of aliphatic carboxylic acids is 1. The van der Waals surface area contributed by atoms with Crippen LogP contribution in [0.15, 0.2) is 18.2 Å². The van der Waals surface area contributed by atoms with Crippen LogP contribution in [0, 0.1) is 10.1 Å². The number of nitrogens with zero attached hydrogens (tertiary/aromatic N) is 2. The second-order valence-electron chi connectivity index (χ2n) is 5.41. The Kier molecular flexibility index (Phi) is 3.18. The molecule has 1 aliphatic heterocycles. The normalized spacial score (nSPS) is 16.2. The van der Waals surface area contributed by atoms with Gasteiger partial charge in [-0.3, -0.25) is 14.9 Å². The van der Waals surface area contributed by atoms with Crippen LogP contribution in [0.4, 0.5) is 11.4 Å². The van der Waals surface area contributed by atoms with Gasteiger partial charge >= 0.3 is 5.97 Å². The van der Waals surface area contributed by atoms with Crippen molar-refractivity contribution in [3.63, 3.8) is 0 Å². The number of nitro benzene ring substituents is 1. The fourth-order valence-corrected chi connectivity index (χ4v) is 2.55.